The summed E-state index contributed by atoms with van der Waals surface area (Å²) < 4.78 is 0. The molecule has 1 unspecified atom stereocenters. The molecule has 6 atom stereocenters. The number of fused-ring (bicyclic) bond motifs is 3. The van der Waals surface area contributed by atoms with Crippen LogP contribution in [-0.4, -0.2) is 22.9 Å². The van der Waals surface area contributed by atoms with Crippen LogP contribution in [0.5, 0.6) is 0 Å². The molecule has 0 amide bonds. The molecule has 3 aliphatic carbocycles. The van der Waals surface area contributed by atoms with Crippen LogP contribution in [0.4, 0.5) is 0 Å². The van der Waals surface area contributed by atoms with Gasteiger partial charge in [-0.25, -0.2) is 0 Å². The highest BCUT2D eigenvalue weighted by atomic mass is 16.3. The second-order valence-corrected chi connectivity index (χ2v) is 8.92. The zero-order valence-electron chi connectivity index (χ0n) is 14.4. The van der Waals surface area contributed by atoms with Gasteiger partial charge in [-0.3, -0.25) is 0 Å². The Morgan fingerprint density at radius 3 is 2.64 bits per heavy atom. The summed E-state index contributed by atoms with van der Waals surface area (Å²) in [6.45, 7) is 11.0. The van der Waals surface area contributed by atoms with E-state index in [4.69, 9.17) is 0 Å². The summed E-state index contributed by atoms with van der Waals surface area (Å²) >= 11 is 0. The Kier molecular flexibility index (Phi) is 3.85. The van der Waals surface area contributed by atoms with Crippen LogP contribution in [0, 0.1) is 28.1 Å². The van der Waals surface area contributed by atoms with Crippen LogP contribution in [0.1, 0.15) is 59.3 Å². The van der Waals surface area contributed by atoms with Gasteiger partial charge in [0.2, 0.25) is 0 Å². The largest absolute Gasteiger partial charge is 0.396 e. The van der Waals surface area contributed by atoms with Gasteiger partial charge in [-0.1, -0.05) is 38.5 Å². The van der Waals surface area contributed by atoms with Crippen molar-refractivity contribution in [2.24, 2.45) is 28.1 Å². The Bertz CT molecular complexity index is 496. The summed E-state index contributed by atoms with van der Waals surface area (Å²) in [5.41, 5.74) is 1.74. The number of hydrogen-bond acceptors (Lipinski definition) is 2. The van der Waals surface area contributed by atoms with E-state index in [-0.39, 0.29) is 29.0 Å². The molecule has 2 N–H and O–H groups in total. The predicted molar refractivity (Wildman–Crippen MR) is 90.4 cm³/mol. The average Bonchev–Trinajstić information content (AvgIpc) is 2.51. The van der Waals surface area contributed by atoms with E-state index in [0.717, 1.165) is 25.7 Å². The maximum atomic E-state index is 10.5. The lowest BCUT2D eigenvalue weighted by Crippen LogP contribution is -2.57. The van der Waals surface area contributed by atoms with E-state index in [9.17, 15) is 10.2 Å². The molecule has 2 nitrogen and oxygen atoms in total. The van der Waals surface area contributed by atoms with Gasteiger partial charge in [0.25, 0.3) is 0 Å². The van der Waals surface area contributed by atoms with Crippen LogP contribution in [-0.2, 0) is 0 Å². The van der Waals surface area contributed by atoms with Crippen LogP contribution < -0.4 is 0 Å². The lowest BCUT2D eigenvalue weighted by molar-refractivity contribution is -0.147. The fourth-order valence-corrected chi connectivity index (χ4v) is 5.86. The van der Waals surface area contributed by atoms with E-state index < -0.39 is 0 Å². The summed E-state index contributed by atoms with van der Waals surface area (Å²) in [5.74, 6) is 1.01. The minimum absolute atomic E-state index is 0.0920. The fourth-order valence-electron chi connectivity index (χ4n) is 5.86. The third-order valence-electron chi connectivity index (χ3n) is 7.61. The summed E-state index contributed by atoms with van der Waals surface area (Å²) in [7, 11) is 0. The highest BCUT2D eigenvalue weighted by molar-refractivity contribution is 5.25. The second kappa shape index (κ2) is 5.21. The standard InChI is InChI=1S/C20H32O2/c1-5-18(2)10-8-15-14(12-18)6-7-16-19(15,3)11-9-17(22)20(16,4)13-21/h5-6,15-17,21-22H,1,7-13H2,2-4H3/t15-,16?,17-,18-,19+,20-/m0/s1. The molecular formula is C20H32O2. The minimum Gasteiger partial charge on any atom is -0.396 e. The molecule has 2 heteroatoms. The molecule has 0 radical (unpaired) electrons. The van der Waals surface area contributed by atoms with Gasteiger partial charge >= 0.3 is 0 Å². The number of hydrogen-bond donors (Lipinski definition) is 2. The summed E-state index contributed by atoms with van der Waals surface area (Å²) in [6, 6.07) is 0. The zero-order chi connectivity index (χ0) is 16.2. The highest BCUT2D eigenvalue weighted by Crippen LogP contribution is 2.63. The van der Waals surface area contributed by atoms with E-state index in [1.165, 1.54) is 12.8 Å². The number of aliphatic hydroxyl groups is 2. The normalized spacial score (nSPS) is 51.5. The van der Waals surface area contributed by atoms with Crippen LogP contribution >= 0.6 is 0 Å². The number of rotatable bonds is 2. The van der Waals surface area contributed by atoms with Gasteiger partial charge in [0, 0.05) is 5.41 Å². The van der Waals surface area contributed by atoms with Gasteiger partial charge in [-0.15, -0.1) is 6.58 Å². The zero-order valence-corrected chi connectivity index (χ0v) is 14.4. The molecule has 0 aromatic carbocycles. The molecule has 0 aliphatic heterocycles. The van der Waals surface area contributed by atoms with Crippen LogP contribution in [0.3, 0.4) is 0 Å². The van der Waals surface area contributed by atoms with Crippen molar-refractivity contribution in [3.8, 4) is 0 Å². The molecule has 0 aromatic heterocycles. The maximum absolute atomic E-state index is 10.5. The van der Waals surface area contributed by atoms with Crippen LogP contribution in [0.25, 0.3) is 0 Å². The van der Waals surface area contributed by atoms with E-state index in [0.29, 0.717) is 11.8 Å². The van der Waals surface area contributed by atoms with E-state index >= 15 is 0 Å². The quantitative estimate of drug-likeness (QED) is 0.755. The second-order valence-electron chi connectivity index (χ2n) is 8.92. The SMILES string of the molecule is C=C[C@@]1(C)CC[C@H]2C(=CCC3[C@](C)(CO)[C@@H](O)CC[C@@]32C)C1. The molecule has 0 spiro atoms. The Morgan fingerprint density at radius 1 is 1.27 bits per heavy atom. The summed E-state index contributed by atoms with van der Waals surface area (Å²) in [5, 5.41) is 20.5. The highest BCUT2D eigenvalue weighted by Gasteiger charge is 2.58. The molecule has 0 saturated heterocycles. The number of allylic oxidation sites excluding steroid dienone is 3. The summed E-state index contributed by atoms with van der Waals surface area (Å²) in [6.07, 6.45) is 10.7. The van der Waals surface area contributed by atoms with Crippen molar-refractivity contribution in [1.82, 2.24) is 0 Å². The van der Waals surface area contributed by atoms with Crippen LogP contribution in [0.15, 0.2) is 24.3 Å². The lowest BCUT2D eigenvalue weighted by Gasteiger charge is -2.60. The minimum atomic E-state index is -0.368. The Hall–Kier alpha value is -0.600. The molecule has 0 aromatic rings. The first-order chi connectivity index (χ1) is 10.3. The fraction of sp³-hybridized carbons (Fsp3) is 0.800. The molecule has 3 aliphatic rings. The van der Waals surface area contributed by atoms with Crippen molar-refractivity contribution >= 4 is 0 Å². The summed E-state index contributed by atoms with van der Waals surface area (Å²) in [4.78, 5) is 0. The van der Waals surface area contributed by atoms with Crippen molar-refractivity contribution < 1.29 is 10.2 Å². The Labute approximate surface area is 135 Å². The third kappa shape index (κ3) is 2.14. The third-order valence-corrected chi connectivity index (χ3v) is 7.61. The molecule has 2 fully saturated rings. The molecule has 0 bridgehead atoms. The topological polar surface area (TPSA) is 40.5 Å². The van der Waals surface area contributed by atoms with Gasteiger partial charge in [0.15, 0.2) is 0 Å². The van der Waals surface area contributed by atoms with E-state index in [1.54, 1.807) is 5.57 Å². The van der Waals surface area contributed by atoms with Gasteiger partial charge in [-0.05, 0) is 61.2 Å². The van der Waals surface area contributed by atoms with Crippen LogP contribution in [0.2, 0.25) is 0 Å². The predicted octanol–water partition coefficient (Wildman–Crippen LogP) is 4.08. The lowest BCUT2D eigenvalue weighted by atomic mass is 9.45. The van der Waals surface area contributed by atoms with Crippen molar-refractivity contribution in [3.05, 3.63) is 24.3 Å². The first-order valence-electron chi connectivity index (χ1n) is 8.90. The average molecular weight is 304 g/mol. The van der Waals surface area contributed by atoms with Crippen molar-refractivity contribution in [2.45, 2.75) is 65.4 Å². The molecule has 0 heterocycles. The number of aliphatic hydroxyl groups excluding tert-OH is 2. The smallest absolute Gasteiger partial charge is 0.0618 e. The van der Waals surface area contributed by atoms with Gasteiger partial charge in [-0.2, -0.15) is 0 Å². The van der Waals surface area contributed by atoms with Gasteiger partial charge in [0.05, 0.1) is 12.7 Å². The molecular weight excluding hydrogens is 272 g/mol. The monoisotopic (exact) mass is 304 g/mol. The maximum Gasteiger partial charge on any atom is 0.0618 e. The Balaban J connectivity index is 1.96. The molecule has 3 rings (SSSR count). The van der Waals surface area contributed by atoms with Crippen molar-refractivity contribution in [2.75, 3.05) is 6.61 Å². The molecule has 2 saturated carbocycles. The van der Waals surface area contributed by atoms with Gasteiger partial charge in [0.1, 0.15) is 0 Å². The van der Waals surface area contributed by atoms with E-state index in [2.05, 4.69) is 39.5 Å². The Morgan fingerprint density at radius 2 is 2.00 bits per heavy atom. The first-order valence-corrected chi connectivity index (χ1v) is 8.90. The van der Waals surface area contributed by atoms with Crippen molar-refractivity contribution in [1.29, 1.82) is 0 Å². The van der Waals surface area contributed by atoms with Gasteiger partial charge < -0.3 is 10.2 Å². The molecule has 124 valence electrons. The first kappa shape index (κ1) is 16.3. The molecule has 22 heavy (non-hydrogen) atoms. The van der Waals surface area contributed by atoms with E-state index in [1.807, 2.05) is 0 Å². The van der Waals surface area contributed by atoms with Crippen molar-refractivity contribution in [3.63, 3.8) is 0 Å².